The van der Waals surface area contributed by atoms with Gasteiger partial charge in [-0.1, -0.05) is 12.8 Å². The third kappa shape index (κ3) is 4.25. The first-order chi connectivity index (χ1) is 16.0. The van der Waals surface area contributed by atoms with E-state index in [-0.39, 0.29) is 29.3 Å². The molecule has 4 aliphatic heterocycles. The Morgan fingerprint density at radius 1 is 0.848 bits per heavy atom. The van der Waals surface area contributed by atoms with Crippen LogP contribution >= 0.6 is 0 Å². The van der Waals surface area contributed by atoms with Gasteiger partial charge in [0.15, 0.2) is 0 Å². The molecule has 1 atom stereocenters. The summed E-state index contributed by atoms with van der Waals surface area (Å²) < 4.78 is 28.0. The molecule has 4 heterocycles. The molecule has 0 spiro atoms. The monoisotopic (exact) mass is 474 g/mol. The first-order valence-electron chi connectivity index (χ1n) is 12.5. The molecule has 0 aromatic heterocycles. The number of sulfonamides is 1. The van der Waals surface area contributed by atoms with Gasteiger partial charge < -0.3 is 9.80 Å². The van der Waals surface area contributed by atoms with Crippen molar-refractivity contribution in [2.24, 2.45) is 0 Å². The lowest BCUT2D eigenvalue weighted by atomic mass is 9.96. The van der Waals surface area contributed by atoms with Gasteiger partial charge in [-0.3, -0.25) is 14.5 Å². The van der Waals surface area contributed by atoms with Crippen molar-refractivity contribution in [3.8, 4) is 0 Å². The van der Waals surface area contributed by atoms with Crippen molar-refractivity contribution in [3.63, 3.8) is 0 Å². The van der Waals surface area contributed by atoms with E-state index in [2.05, 4.69) is 4.90 Å². The van der Waals surface area contributed by atoms with Crippen LogP contribution in [0.3, 0.4) is 0 Å². The highest BCUT2D eigenvalue weighted by molar-refractivity contribution is 7.89. The summed E-state index contributed by atoms with van der Waals surface area (Å²) in [5.41, 5.74) is 1.42. The molecule has 2 amide bonds. The number of fused-ring (bicyclic) bond motifs is 3. The van der Waals surface area contributed by atoms with E-state index >= 15 is 0 Å². The van der Waals surface area contributed by atoms with Gasteiger partial charge in [-0.25, -0.2) is 8.42 Å². The minimum absolute atomic E-state index is 0.0244. The lowest BCUT2D eigenvalue weighted by Gasteiger charge is -2.45. The predicted molar refractivity (Wildman–Crippen MR) is 127 cm³/mol. The highest BCUT2D eigenvalue weighted by atomic mass is 32.2. The minimum Gasteiger partial charge on any atom is -0.358 e. The van der Waals surface area contributed by atoms with Crippen LogP contribution in [0.25, 0.3) is 0 Å². The van der Waals surface area contributed by atoms with E-state index in [1.165, 1.54) is 4.31 Å². The molecule has 0 unspecified atom stereocenters. The smallest absolute Gasteiger partial charge is 0.250 e. The van der Waals surface area contributed by atoms with Gasteiger partial charge in [0.25, 0.3) is 0 Å². The Labute approximate surface area is 196 Å². The van der Waals surface area contributed by atoms with Gasteiger partial charge in [0, 0.05) is 32.7 Å². The van der Waals surface area contributed by atoms with Gasteiger partial charge in [0.05, 0.1) is 16.3 Å². The van der Waals surface area contributed by atoms with E-state index in [1.807, 2.05) is 11.0 Å². The Morgan fingerprint density at radius 2 is 1.52 bits per heavy atom. The number of carbonyl (C=O) groups excluding carboxylic acids is 2. The molecule has 8 nitrogen and oxygen atoms in total. The zero-order chi connectivity index (χ0) is 23.0. The van der Waals surface area contributed by atoms with Crippen molar-refractivity contribution in [3.05, 3.63) is 18.2 Å². The molecule has 1 aromatic carbocycles. The van der Waals surface area contributed by atoms with E-state index < -0.39 is 10.0 Å². The maximum Gasteiger partial charge on any atom is 0.250 e. The summed E-state index contributed by atoms with van der Waals surface area (Å²) in [5, 5.41) is 0. The number of nitrogens with zero attached hydrogens (tertiary/aromatic N) is 4. The number of benzene rings is 1. The summed E-state index contributed by atoms with van der Waals surface area (Å²) in [6.45, 7) is 3.27. The first kappa shape index (κ1) is 22.7. The maximum atomic E-state index is 13.6. The molecule has 0 aliphatic carbocycles. The fraction of sp³-hybridized carbons (Fsp3) is 0.667. The van der Waals surface area contributed by atoms with E-state index in [4.69, 9.17) is 0 Å². The third-order valence-corrected chi connectivity index (χ3v) is 9.45. The Bertz CT molecular complexity index is 1010. The Morgan fingerprint density at radius 3 is 2.24 bits per heavy atom. The lowest BCUT2D eigenvalue weighted by molar-refractivity contribution is -0.131. The van der Waals surface area contributed by atoms with Crippen LogP contribution in [0.4, 0.5) is 11.4 Å². The summed E-state index contributed by atoms with van der Waals surface area (Å²) in [7, 11) is -3.61. The zero-order valence-electron chi connectivity index (χ0n) is 19.2. The third-order valence-electron chi connectivity index (χ3n) is 7.56. The Balaban J connectivity index is 1.50. The summed E-state index contributed by atoms with van der Waals surface area (Å²) in [5.74, 6) is -0.130. The van der Waals surface area contributed by atoms with Crippen molar-refractivity contribution < 1.29 is 18.0 Å². The summed E-state index contributed by atoms with van der Waals surface area (Å²) >= 11 is 0. The first-order valence-corrected chi connectivity index (χ1v) is 13.9. The number of carbonyl (C=O) groups is 2. The van der Waals surface area contributed by atoms with Crippen molar-refractivity contribution in [2.75, 3.05) is 49.1 Å². The number of hydrogen-bond acceptors (Lipinski definition) is 5. The van der Waals surface area contributed by atoms with Crippen LogP contribution in [0.5, 0.6) is 0 Å². The molecule has 0 bridgehead atoms. The van der Waals surface area contributed by atoms with Crippen LogP contribution in [0.1, 0.15) is 57.8 Å². The zero-order valence-corrected chi connectivity index (χ0v) is 20.1. The molecule has 4 aliphatic rings. The largest absolute Gasteiger partial charge is 0.358 e. The Hall–Kier alpha value is -2.13. The van der Waals surface area contributed by atoms with Crippen molar-refractivity contribution in [1.29, 1.82) is 0 Å². The normalized spacial score (nSPS) is 24.4. The topological polar surface area (TPSA) is 81.2 Å². The van der Waals surface area contributed by atoms with Crippen LogP contribution in [-0.2, 0) is 19.6 Å². The summed E-state index contributed by atoms with van der Waals surface area (Å²) in [6, 6.07) is 4.86. The average molecular weight is 475 g/mol. The fourth-order valence-electron chi connectivity index (χ4n) is 5.69. The second kappa shape index (κ2) is 9.25. The SMILES string of the molecule is O=C(CN1C(=O)[C@H]2CCCCN2c2ccc(S(=O)(=O)N3CCCC3)cc21)N1CCCCCC1. The molecular weight excluding hydrogens is 440 g/mol. The number of hydrogen-bond donors (Lipinski definition) is 0. The lowest BCUT2D eigenvalue weighted by Crippen LogP contribution is -2.57. The molecule has 0 saturated carbocycles. The quantitative estimate of drug-likeness (QED) is 0.670. The van der Waals surface area contributed by atoms with Crippen molar-refractivity contribution in [1.82, 2.24) is 9.21 Å². The van der Waals surface area contributed by atoms with E-state index in [9.17, 15) is 18.0 Å². The average Bonchev–Trinajstić information content (AvgIpc) is 3.25. The number of amides is 2. The van der Waals surface area contributed by atoms with Crippen molar-refractivity contribution >= 4 is 33.2 Å². The molecule has 0 N–H and O–H groups in total. The van der Waals surface area contributed by atoms with Crippen LogP contribution in [0.2, 0.25) is 0 Å². The predicted octanol–water partition coefficient (Wildman–Crippen LogP) is 2.58. The molecule has 180 valence electrons. The molecule has 33 heavy (non-hydrogen) atoms. The molecule has 0 radical (unpaired) electrons. The number of rotatable bonds is 4. The maximum absolute atomic E-state index is 13.6. The van der Waals surface area contributed by atoms with Crippen LogP contribution in [0, 0.1) is 0 Å². The standard InChI is InChI=1S/C24H34N4O4S/c29-23(25-12-4-1-2-5-13-25)18-28-22-17-19(33(31,32)26-14-7-8-15-26)10-11-20(22)27-16-6-3-9-21(27)24(28)30/h10-11,17,21H,1-9,12-16,18H2/t21-/m1/s1. The van der Waals surface area contributed by atoms with Crippen LogP contribution in [0.15, 0.2) is 23.1 Å². The number of anilines is 2. The highest BCUT2D eigenvalue weighted by Crippen LogP contribution is 2.41. The highest BCUT2D eigenvalue weighted by Gasteiger charge is 2.41. The second-order valence-corrected chi connectivity index (χ2v) is 11.6. The van der Waals surface area contributed by atoms with Gasteiger partial charge >= 0.3 is 0 Å². The number of piperidine rings is 1. The van der Waals surface area contributed by atoms with E-state index in [0.29, 0.717) is 18.8 Å². The minimum atomic E-state index is -3.61. The summed E-state index contributed by atoms with van der Waals surface area (Å²) in [4.78, 5) is 32.6. The fourth-order valence-corrected chi connectivity index (χ4v) is 7.23. The van der Waals surface area contributed by atoms with E-state index in [0.717, 1.165) is 83.1 Å². The van der Waals surface area contributed by atoms with E-state index in [1.54, 1.807) is 17.0 Å². The second-order valence-electron chi connectivity index (χ2n) is 9.69. The molecular formula is C24H34N4O4S. The molecule has 3 fully saturated rings. The molecule has 1 aromatic rings. The van der Waals surface area contributed by atoms with Crippen LogP contribution < -0.4 is 9.80 Å². The van der Waals surface area contributed by atoms with Gasteiger partial charge in [-0.05, 0) is 63.1 Å². The van der Waals surface area contributed by atoms with Gasteiger partial charge in [0.2, 0.25) is 21.8 Å². The summed E-state index contributed by atoms with van der Waals surface area (Å²) in [6.07, 6.45) is 8.73. The van der Waals surface area contributed by atoms with Gasteiger partial charge in [-0.15, -0.1) is 0 Å². The Kier molecular flexibility index (Phi) is 6.35. The number of likely N-dealkylation sites (tertiary alicyclic amines) is 1. The molecule has 3 saturated heterocycles. The van der Waals surface area contributed by atoms with Gasteiger partial charge in [0.1, 0.15) is 12.6 Å². The van der Waals surface area contributed by atoms with Crippen LogP contribution in [-0.4, -0.2) is 74.7 Å². The van der Waals surface area contributed by atoms with Gasteiger partial charge in [-0.2, -0.15) is 4.31 Å². The van der Waals surface area contributed by atoms with Crippen molar-refractivity contribution in [2.45, 2.75) is 68.7 Å². The molecule has 9 heteroatoms. The molecule has 5 rings (SSSR count).